The zero-order valence-corrected chi connectivity index (χ0v) is 19.2. The summed E-state index contributed by atoms with van der Waals surface area (Å²) in [5.74, 6) is -0.371. The lowest BCUT2D eigenvalue weighted by molar-refractivity contribution is 0.250. The first-order valence-electron chi connectivity index (χ1n) is 10.3. The Bertz CT molecular complexity index is 1500. The summed E-state index contributed by atoms with van der Waals surface area (Å²) in [7, 11) is -2.81. The molecule has 0 fully saturated rings. The van der Waals surface area contributed by atoms with Crippen molar-refractivity contribution in [2.24, 2.45) is 4.36 Å². The van der Waals surface area contributed by atoms with E-state index in [-0.39, 0.29) is 28.1 Å². The van der Waals surface area contributed by atoms with Crippen molar-refractivity contribution < 1.29 is 22.2 Å². The van der Waals surface area contributed by atoms with Crippen LogP contribution in [0.1, 0.15) is 12.5 Å². The maximum absolute atomic E-state index is 14.6. The molecule has 11 heteroatoms. The summed E-state index contributed by atoms with van der Waals surface area (Å²) in [6, 6.07) is 8.31. The Morgan fingerprint density at radius 1 is 1.09 bits per heavy atom. The highest BCUT2D eigenvalue weighted by Crippen LogP contribution is 2.33. The minimum absolute atomic E-state index is 0.0372. The monoisotopic (exact) mass is 485 g/mol. The van der Waals surface area contributed by atoms with E-state index in [1.54, 1.807) is 19.1 Å². The molecule has 2 amide bonds. The van der Waals surface area contributed by atoms with Crippen LogP contribution in [0.25, 0.3) is 22.1 Å². The summed E-state index contributed by atoms with van der Waals surface area (Å²) in [5.41, 5.74) is 1.41. The molecule has 0 aliphatic carbocycles. The number of nitrogens with zero attached hydrogens (tertiary/aromatic N) is 3. The van der Waals surface area contributed by atoms with Gasteiger partial charge in [0.25, 0.3) is 0 Å². The predicted octanol–water partition coefficient (Wildman–Crippen LogP) is 5.24. The van der Waals surface area contributed by atoms with Crippen LogP contribution in [0.5, 0.6) is 0 Å². The smallest absolute Gasteiger partial charge is 0.349 e. The summed E-state index contributed by atoms with van der Waals surface area (Å²) < 4.78 is 50.4. The average molecular weight is 486 g/mol. The maximum atomic E-state index is 14.6. The van der Waals surface area contributed by atoms with Gasteiger partial charge in [0, 0.05) is 30.1 Å². The van der Waals surface area contributed by atoms with Gasteiger partial charge in [-0.3, -0.25) is 0 Å². The summed E-state index contributed by atoms with van der Waals surface area (Å²) in [4.78, 5) is 19.9. The second-order valence-electron chi connectivity index (χ2n) is 7.51. The summed E-state index contributed by atoms with van der Waals surface area (Å²) in [6.45, 7) is 2.13. The van der Waals surface area contributed by atoms with Gasteiger partial charge in [-0.05, 0) is 48.9 Å². The summed E-state index contributed by atoms with van der Waals surface area (Å²) >= 11 is 0. The number of amides is 2. The summed E-state index contributed by atoms with van der Waals surface area (Å²) in [5, 5.41) is 5.73. The Kier molecular flexibility index (Phi) is 6.55. The molecule has 0 radical (unpaired) electrons. The van der Waals surface area contributed by atoms with Gasteiger partial charge in [0.05, 0.1) is 33.3 Å². The lowest BCUT2D eigenvalue weighted by atomic mass is 10.0. The lowest BCUT2D eigenvalue weighted by Crippen LogP contribution is -2.20. The molecule has 2 N–H and O–H groups in total. The quantitative estimate of drug-likeness (QED) is 0.387. The van der Waals surface area contributed by atoms with E-state index in [1.807, 2.05) is 0 Å². The minimum atomic E-state index is -2.81. The van der Waals surface area contributed by atoms with Gasteiger partial charge in [0.2, 0.25) is 0 Å². The molecule has 0 saturated heterocycles. The number of aromatic nitrogens is 2. The van der Waals surface area contributed by atoms with Crippen LogP contribution in [-0.2, 0) is 15.5 Å². The van der Waals surface area contributed by atoms with Gasteiger partial charge in [-0.15, -0.1) is 4.36 Å². The van der Waals surface area contributed by atoms with Crippen LogP contribution in [-0.4, -0.2) is 33.0 Å². The van der Waals surface area contributed by atoms with Gasteiger partial charge >= 0.3 is 6.03 Å². The molecule has 34 heavy (non-hydrogen) atoms. The molecule has 0 aliphatic rings. The normalized spacial score (nSPS) is 12.8. The SMILES string of the molecule is CCNC(=O)N=S(C)(=O)Cc1ccnc(Nc2cc(-c3ccc(F)c4ccoc34)c(F)cn2)c1. The van der Waals surface area contributed by atoms with E-state index in [1.165, 1.54) is 43.0 Å². The van der Waals surface area contributed by atoms with E-state index in [2.05, 4.69) is 25.0 Å². The molecule has 3 heterocycles. The van der Waals surface area contributed by atoms with Crippen LogP contribution in [0.2, 0.25) is 0 Å². The van der Waals surface area contributed by atoms with E-state index in [0.717, 1.165) is 6.20 Å². The Labute approximate surface area is 194 Å². The van der Waals surface area contributed by atoms with Crippen LogP contribution in [0.4, 0.5) is 25.2 Å². The van der Waals surface area contributed by atoms with Crippen LogP contribution in [0.3, 0.4) is 0 Å². The zero-order chi connectivity index (χ0) is 24.3. The van der Waals surface area contributed by atoms with Crippen LogP contribution in [0, 0.1) is 11.6 Å². The molecule has 4 aromatic rings. The molecule has 4 rings (SSSR count). The van der Waals surface area contributed by atoms with Crippen LogP contribution < -0.4 is 10.6 Å². The second-order valence-corrected chi connectivity index (χ2v) is 9.90. The van der Waals surface area contributed by atoms with Crippen molar-refractivity contribution in [3.63, 3.8) is 0 Å². The Morgan fingerprint density at radius 3 is 2.68 bits per heavy atom. The Morgan fingerprint density at radius 2 is 1.88 bits per heavy atom. The molecular weight excluding hydrogens is 464 g/mol. The number of hydrogen-bond donors (Lipinski definition) is 2. The van der Waals surface area contributed by atoms with Crippen LogP contribution in [0.15, 0.2) is 63.8 Å². The third-order valence-corrected chi connectivity index (χ3v) is 6.25. The number of urea groups is 1. The van der Waals surface area contributed by atoms with Gasteiger partial charge in [0.1, 0.15) is 28.9 Å². The fourth-order valence-electron chi connectivity index (χ4n) is 3.42. The molecule has 1 unspecified atom stereocenters. The van der Waals surface area contributed by atoms with Gasteiger partial charge in [-0.2, -0.15) is 0 Å². The van der Waals surface area contributed by atoms with Crippen molar-refractivity contribution in [1.29, 1.82) is 0 Å². The molecule has 0 aliphatic heterocycles. The van der Waals surface area contributed by atoms with Gasteiger partial charge in [-0.25, -0.2) is 27.8 Å². The van der Waals surface area contributed by atoms with E-state index in [0.29, 0.717) is 23.5 Å². The fourth-order valence-corrected chi connectivity index (χ4v) is 4.70. The molecule has 176 valence electrons. The number of halogens is 2. The fraction of sp³-hybridized carbons (Fsp3) is 0.174. The lowest BCUT2D eigenvalue weighted by Gasteiger charge is -2.10. The average Bonchev–Trinajstić information content (AvgIpc) is 3.26. The number of hydrogen-bond acceptors (Lipinski definition) is 6. The number of fused-ring (bicyclic) bond motifs is 1. The first-order chi connectivity index (χ1) is 16.3. The molecule has 0 spiro atoms. The van der Waals surface area contributed by atoms with E-state index in [4.69, 9.17) is 4.42 Å². The first-order valence-corrected chi connectivity index (χ1v) is 12.4. The highest BCUT2D eigenvalue weighted by molar-refractivity contribution is 7.92. The number of carbonyl (C=O) groups excluding carboxylic acids is 1. The Hall–Kier alpha value is -3.86. The highest BCUT2D eigenvalue weighted by atomic mass is 32.2. The van der Waals surface area contributed by atoms with Crippen molar-refractivity contribution in [1.82, 2.24) is 15.3 Å². The largest absolute Gasteiger partial charge is 0.464 e. The maximum Gasteiger partial charge on any atom is 0.349 e. The highest BCUT2D eigenvalue weighted by Gasteiger charge is 2.16. The number of pyridine rings is 2. The van der Waals surface area contributed by atoms with Crippen molar-refractivity contribution in [2.75, 3.05) is 18.1 Å². The number of carbonyl (C=O) groups is 1. The van der Waals surface area contributed by atoms with E-state index in [9.17, 15) is 17.8 Å². The topological polar surface area (TPSA) is 109 Å². The molecule has 8 nitrogen and oxygen atoms in total. The van der Waals surface area contributed by atoms with Crippen LogP contribution >= 0.6 is 0 Å². The number of anilines is 2. The molecule has 3 aromatic heterocycles. The molecule has 1 aromatic carbocycles. The zero-order valence-electron chi connectivity index (χ0n) is 18.3. The van der Waals surface area contributed by atoms with Crippen molar-refractivity contribution >= 4 is 38.4 Å². The molecule has 0 bridgehead atoms. The number of nitrogens with one attached hydrogen (secondary N) is 2. The standard InChI is InChI=1S/C23H21F2N5O3S/c1-3-26-23(31)30-34(2,32)13-14-6-8-27-20(10-14)29-21-11-17(19(25)12-28-21)15-4-5-18(24)16-7-9-33-22(15)16/h4-12H,3,13H2,1-2H3,(H,26,31)(H,27,28,29). The molecular formula is C23H21F2N5O3S. The van der Waals surface area contributed by atoms with Crippen molar-refractivity contribution in [3.8, 4) is 11.1 Å². The van der Waals surface area contributed by atoms with Crippen molar-refractivity contribution in [2.45, 2.75) is 12.7 Å². The van der Waals surface area contributed by atoms with Gasteiger partial charge < -0.3 is 15.1 Å². The number of benzene rings is 1. The third kappa shape index (κ3) is 5.20. The van der Waals surface area contributed by atoms with Gasteiger partial charge in [-0.1, -0.05) is 0 Å². The number of rotatable bonds is 6. The third-order valence-electron chi connectivity index (χ3n) is 4.83. The number of furan rings is 1. The van der Waals surface area contributed by atoms with Crippen molar-refractivity contribution in [3.05, 3.63) is 72.3 Å². The predicted molar refractivity (Wildman–Crippen MR) is 126 cm³/mol. The molecule has 1 atom stereocenters. The minimum Gasteiger partial charge on any atom is -0.464 e. The first kappa shape index (κ1) is 23.3. The second kappa shape index (κ2) is 9.56. The van der Waals surface area contributed by atoms with E-state index < -0.39 is 27.4 Å². The van der Waals surface area contributed by atoms with E-state index >= 15 is 0 Å². The Balaban J connectivity index is 1.61. The van der Waals surface area contributed by atoms with Gasteiger partial charge in [0.15, 0.2) is 0 Å². The summed E-state index contributed by atoms with van der Waals surface area (Å²) in [6.07, 6.45) is 5.30. The molecule has 0 saturated carbocycles.